The third-order valence-corrected chi connectivity index (χ3v) is 6.82. The van der Waals surface area contributed by atoms with Gasteiger partial charge in [-0.3, -0.25) is 4.79 Å². The standard InChI is InChI=1S/C17H24Cl2N2O3S/c1-12(2)10-20-17(22)14-5-7-21(8-6-14)25(23,24)11-13-3-4-15(18)16(19)9-13/h3-4,9,12,14H,5-8,10-11H2,1-2H3,(H,20,22). The van der Waals surface area contributed by atoms with E-state index in [0.29, 0.717) is 54.0 Å². The number of carbonyl (C=O) groups excluding carboxylic acids is 1. The quantitative estimate of drug-likeness (QED) is 0.787. The van der Waals surface area contributed by atoms with Crippen molar-refractivity contribution in [2.75, 3.05) is 19.6 Å². The van der Waals surface area contributed by atoms with E-state index in [2.05, 4.69) is 5.32 Å². The van der Waals surface area contributed by atoms with Crippen LogP contribution in [0.3, 0.4) is 0 Å². The van der Waals surface area contributed by atoms with E-state index in [4.69, 9.17) is 23.2 Å². The number of nitrogens with one attached hydrogen (secondary N) is 1. The van der Waals surface area contributed by atoms with Crippen molar-refractivity contribution in [1.82, 2.24) is 9.62 Å². The molecule has 0 unspecified atom stereocenters. The molecule has 1 aromatic rings. The number of piperidine rings is 1. The highest BCUT2D eigenvalue weighted by Crippen LogP contribution is 2.26. The van der Waals surface area contributed by atoms with Crippen LogP contribution in [0.4, 0.5) is 0 Å². The summed E-state index contributed by atoms with van der Waals surface area (Å²) in [6, 6.07) is 4.84. The summed E-state index contributed by atoms with van der Waals surface area (Å²) in [6.07, 6.45) is 1.09. The van der Waals surface area contributed by atoms with Gasteiger partial charge in [0.25, 0.3) is 0 Å². The molecule has 0 aromatic heterocycles. The molecule has 5 nitrogen and oxygen atoms in total. The summed E-state index contributed by atoms with van der Waals surface area (Å²) in [5, 5.41) is 3.66. The van der Waals surface area contributed by atoms with Gasteiger partial charge < -0.3 is 5.32 Å². The van der Waals surface area contributed by atoms with Crippen molar-refractivity contribution in [3.63, 3.8) is 0 Å². The monoisotopic (exact) mass is 406 g/mol. The van der Waals surface area contributed by atoms with Crippen LogP contribution in [0.2, 0.25) is 10.0 Å². The van der Waals surface area contributed by atoms with Gasteiger partial charge in [0.2, 0.25) is 15.9 Å². The molecule has 1 N–H and O–H groups in total. The van der Waals surface area contributed by atoms with Crippen molar-refractivity contribution in [2.45, 2.75) is 32.4 Å². The second-order valence-corrected chi connectivity index (χ2v) is 9.60. The molecule has 0 atom stereocenters. The first-order valence-electron chi connectivity index (χ1n) is 8.38. The summed E-state index contributed by atoms with van der Waals surface area (Å²) in [6.45, 7) is 5.46. The van der Waals surface area contributed by atoms with Gasteiger partial charge in [0.1, 0.15) is 0 Å². The number of sulfonamides is 1. The molecule has 1 aliphatic rings. The van der Waals surface area contributed by atoms with Crippen molar-refractivity contribution in [3.05, 3.63) is 33.8 Å². The molecule has 1 aliphatic heterocycles. The molecule has 25 heavy (non-hydrogen) atoms. The van der Waals surface area contributed by atoms with Crippen LogP contribution in [0.25, 0.3) is 0 Å². The minimum Gasteiger partial charge on any atom is -0.356 e. The molecule has 1 aromatic carbocycles. The van der Waals surface area contributed by atoms with E-state index in [0.717, 1.165) is 0 Å². The van der Waals surface area contributed by atoms with Gasteiger partial charge in [0, 0.05) is 25.6 Å². The number of hydrogen-bond donors (Lipinski definition) is 1. The number of nitrogens with zero attached hydrogens (tertiary/aromatic N) is 1. The van der Waals surface area contributed by atoms with Gasteiger partial charge >= 0.3 is 0 Å². The zero-order chi connectivity index (χ0) is 18.6. The lowest BCUT2D eigenvalue weighted by molar-refractivity contribution is -0.126. The van der Waals surface area contributed by atoms with E-state index in [9.17, 15) is 13.2 Å². The Balaban J connectivity index is 1.92. The number of rotatable bonds is 6. The van der Waals surface area contributed by atoms with E-state index in [-0.39, 0.29) is 17.6 Å². The Morgan fingerprint density at radius 3 is 2.44 bits per heavy atom. The van der Waals surface area contributed by atoms with Crippen LogP contribution in [0.15, 0.2) is 18.2 Å². The fraction of sp³-hybridized carbons (Fsp3) is 0.588. The van der Waals surface area contributed by atoms with E-state index < -0.39 is 10.0 Å². The van der Waals surface area contributed by atoms with E-state index in [1.165, 1.54) is 4.31 Å². The molecule has 1 saturated heterocycles. The molecule has 0 saturated carbocycles. The highest BCUT2D eigenvalue weighted by molar-refractivity contribution is 7.88. The molecular formula is C17H24Cl2N2O3S. The average Bonchev–Trinajstić information content (AvgIpc) is 2.56. The average molecular weight is 407 g/mol. The molecule has 140 valence electrons. The van der Waals surface area contributed by atoms with Gasteiger partial charge in [-0.15, -0.1) is 0 Å². The number of benzene rings is 1. The van der Waals surface area contributed by atoms with E-state index in [1.54, 1.807) is 18.2 Å². The summed E-state index contributed by atoms with van der Waals surface area (Å²) >= 11 is 11.8. The number of hydrogen-bond acceptors (Lipinski definition) is 3. The van der Waals surface area contributed by atoms with Crippen molar-refractivity contribution in [1.29, 1.82) is 0 Å². The van der Waals surface area contributed by atoms with Crippen molar-refractivity contribution >= 4 is 39.1 Å². The Labute approximate surface area is 159 Å². The zero-order valence-electron chi connectivity index (χ0n) is 14.5. The maximum absolute atomic E-state index is 12.6. The SMILES string of the molecule is CC(C)CNC(=O)C1CCN(S(=O)(=O)Cc2ccc(Cl)c(Cl)c2)CC1. The third-order valence-electron chi connectivity index (χ3n) is 4.24. The molecule has 0 bridgehead atoms. The first-order chi connectivity index (χ1) is 11.7. The van der Waals surface area contributed by atoms with Gasteiger partial charge in [-0.05, 0) is 36.5 Å². The lowest BCUT2D eigenvalue weighted by atomic mass is 9.97. The highest BCUT2D eigenvalue weighted by atomic mass is 35.5. The molecule has 2 rings (SSSR count). The van der Waals surface area contributed by atoms with Gasteiger partial charge in [-0.25, -0.2) is 12.7 Å². The van der Waals surface area contributed by atoms with Crippen molar-refractivity contribution in [3.8, 4) is 0 Å². The molecule has 0 spiro atoms. The number of halogens is 2. The topological polar surface area (TPSA) is 66.5 Å². The predicted molar refractivity (Wildman–Crippen MR) is 101 cm³/mol. The Morgan fingerprint density at radius 1 is 1.24 bits per heavy atom. The van der Waals surface area contributed by atoms with Crippen LogP contribution in [0.1, 0.15) is 32.3 Å². The largest absolute Gasteiger partial charge is 0.356 e. The molecule has 0 aliphatic carbocycles. The fourth-order valence-electron chi connectivity index (χ4n) is 2.78. The minimum atomic E-state index is -3.44. The summed E-state index contributed by atoms with van der Waals surface area (Å²) in [5.41, 5.74) is 0.603. The van der Waals surface area contributed by atoms with Crippen molar-refractivity contribution in [2.24, 2.45) is 11.8 Å². The lowest BCUT2D eigenvalue weighted by Crippen LogP contribution is -2.43. The Hall–Kier alpha value is -0.820. The summed E-state index contributed by atoms with van der Waals surface area (Å²) in [7, 11) is -3.44. The fourth-order valence-corrected chi connectivity index (χ4v) is 4.65. The Bertz CT molecular complexity index is 715. The first kappa shape index (κ1) is 20.5. The summed E-state index contributed by atoms with van der Waals surface area (Å²) < 4.78 is 26.6. The maximum Gasteiger partial charge on any atom is 0.223 e. The first-order valence-corrected chi connectivity index (χ1v) is 10.7. The smallest absolute Gasteiger partial charge is 0.223 e. The normalized spacial score (nSPS) is 17.0. The molecule has 8 heteroatoms. The van der Waals surface area contributed by atoms with Crippen LogP contribution in [0, 0.1) is 11.8 Å². The van der Waals surface area contributed by atoms with E-state index >= 15 is 0 Å². The van der Waals surface area contributed by atoms with Crippen LogP contribution in [-0.2, 0) is 20.6 Å². The molecule has 1 fully saturated rings. The third kappa shape index (κ3) is 5.84. The second-order valence-electron chi connectivity index (χ2n) is 6.82. The van der Waals surface area contributed by atoms with Gasteiger partial charge in [0.15, 0.2) is 0 Å². The van der Waals surface area contributed by atoms with Crippen molar-refractivity contribution < 1.29 is 13.2 Å². The molecule has 1 heterocycles. The minimum absolute atomic E-state index is 0.0234. The molecule has 0 radical (unpaired) electrons. The van der Waals surface area contributed by atoms with Crippen LogP contribution < -0.4 is 5.32 Å². The van der Waals surface area contributed by atoms with Gasteiger partial charge in [-0.2, -0.15) is 0 Å². The summed E-state index contributed by atoms with van der Waals surface area (Å²) in [5.74, 6) is 0.190. The predicted octanol–water partition coefficient (Wildman–Crippen LogP) is 3.31. The van der Waals surface area contributed by atoms with Crippen LogP contribution in [-0.4, -0.2) is 38.3 Å². The maximum atomic E-state index is 12.6. The van der Waals surface area contributed by atoms with Crippen LogP contribution >= 0.6 is 23.2 Å². The van der Waals surface area contributed by atoms with Crippen LogP contribution in [0.5, 0.6) is 0 Å². The molecular weight excluding hydrogens is 383 g/mol. The van der Waals surface area contributed by atoms with E-state index in [1.807, 2.05) is 13.8 Å². The molecule has 1 amide bonds. The highest BCUT2D eigenvalue weighted by Gasteiger charge is 2.31. The van der Waals surface area contributed by atoms with Gasteiger partial charge in [-0.1, -0.05) is 43.1 Å². The number of carbonyl (C=O) groups is 1. The summed E-state index contributed by atoms with van der Waals surface area (Å²) in [4.78, 5) is 12.1. The zero-order valence-corrected chi connectivity index (χ0v) is 16.8. The second kappa shape index (κ2) is 8.71. The van der Waals surface area contributed by atoms with Gasteiger partial charge in [0.05, 0.1) is 15.8 Å². The lowest BCUT2D eigenvalue weighted by Gasteiger charge is -2.30. The number of amides is 1. The Kier molecular flexibility index (Phi) is 7.14. The Morgan fingerprint density at radius 2 is 1.88 bits per heavy atom.